The van der Waals surface area contributed by atoms with Gasteiger partial charge in [-0.15, -0.1) is 0 Å². The van der Waals surface area contributed by atoms with Crippen LogP contribution in [0.3, 0.4) is 0 Å². The second kappa shape index (κ2) is 9.26. The second-order valence-corrected chi connectivity index (χ2v) is 6.49. The van der Waals surface area contributed by atoms with Crippen LogP contribution in [-0.4, -0.2) is 77.9 Å². The Morgan fingerprint density at radius 3 is 2.58 bits per heavy atom. The molecule has 0 radical (unpaired) electrons. The van der Waals surface area contributed by atoms with E-state index in [2.05, 4.69) is 10.6 Å². The molecule has 2 aliphatic heterocycles. The van der Waals surface area contributed by atoms with Crippen LogP contribution in [0.25, 0.3) is 0 Å². The monoisotopic (exact) mass is 374 g/mol. The number of carboxylic acid groups (broad SMARTS) is 1. The van der Waals surface area contributed by atoms with E-state index in [0.717, 1.165) is 0 Å². The number of aliphatic hydroxyl groups excluding tert-OH is 1. The molecule has 2 heterocycles. The minimum Gasteiger partial charge on any atom is -0.481 e. The molecule has 0 aromatic heterocycles. The number of fused-ring (bicyclic) bond motifs is 1. The number of nitrogens with one attached hydrogen (secondary N) is 2. The van der Waals surface area contributed by atoms with Crippen LogP contribution in [-0.2, 0) is 28.6 Å². The van der Waals surface area contributed by atoms with Crippen molar-refractivity contribution in [1.29, 1.82) is 0 Å². The van der Waals surface area contributed by atoms with Crippen molar-refractivity contribution >= 4 is 17.8 Å². The first-order valence-electron chi connectivity index (χ1n) is 8.66. The van der Waals surface area contributed by atoms with Gasteiger partial charge in [0.2, 0.25) is 11.8 Å². The summed E-state index contributed by atoms with van der Waals surface area (Å²) in [6.07, 6.45) is -1.59. The van der Waals surface area contributed by atoms with Gasteiger partial charge in [-0.2, -0.15) is 0 Å². The van der Waals surface area contributed by atoms with Gasteiger partial charge in [-0.25, -0.2) is 0 Å². The maximum absolute atomic E-state index is 12.2. The molecular weight excluding hydrogens is 348 g/mol. The molecule has 26 heavy (non-hydrogen) atoms. The first-order chi connectivity index (χ1) is 12.3. The SMILES string of the molecule is CC(=O)NC(COC1OC(C)C2OC2C1O)C(=O)NCCCCC(=O)O. The van der Waals surface area contributed by atoms with Crippen molar-refractivity contribution in [2.24, 2.45) is 0 Å². The number of hydrogen-bond acceptors (Lipinski definition) is 7. The van der Waals surface area contributed by atoms with Crippen LogP contribution < -0.4 is 10.6 Å². The number of carbonyl (C=O) groups is 3. The van der Waals surface area contributed by atoms with Gasteiger partial charge >= 0.3 is 5.97 Å². The summed E-state index contributed by atoms with van der Waals surface area (Å²) in [5.74, 6) is -1.74. The first kappa shape index (κ1) is 20.6. The van der Waals surface area contributed by atoms with E-state index < -0.39 is 36.2 Å². The number of ether oxygens (including phenoxy) is 3. The summed E-state index contributed by atoms with van der Waals surface area (Å²) in [4.78, 5) is 34.0. The van der Waals surface area contributed by atoms with Crippen molar-refractivity contribution in [3.05, 3.63) is 0 Å². The van der Waals surface area contributed by atoms with E-state index in [9.17, 15) is 19.5 Å². The minimum absolute atomic E-state index is 0.0351. The van der Waals surface area contributed by atoms with Crippen molar-refractivity contribution in [2.45, 2.75) is 69.9 Å². The van der Waals surface area contributed by atoms with Crippen molar-refractivity contribution in [3.8, 4) is 0 Å². The van der Waals surface area contributed by atoms with Gasteiger partial charge in [0.25, 0.3) is 0 Å². The van der Waals surface area contributed by atoms with Gasteiger partial charge in [-0.3, -0.25) is 14.4 Å². The molecule has 148 valence electrons. The highest BCUT2D eigenvalue weighted by atomic mass is 16.7. The molecule has 4 N–H and O–H groups in total. The Morgan fingerprint density at radius 2 is 1.92 bits per heavy atom. The van der Waals surface area contributed by atoms with E-state index in [-0.39, 0.29) is 31.3 Å². The fourth-order valence-electron chi connectivity index (χ4n) is 2.81. The highest BCUT2D eigenvalue weighted by molar-refractivity contribution is 5.86. The third-order valence-corrected chi connectivity index (χ3v) is 4.23. The number of hydrogen-bond donors (Lipinski definition) is 4. The van der Waals surface area contributed by atoms with E-state index in [0.29, 0.717) is 19.4 Å². The molecule has 0 saturated carbocycles. The van der Waals surface area contributed by atoms with Gasteiger partial charge in [-0.1, -0.05) is 0 Å². The molecule has 2 amide bonds. The Morgan fingerprint density at radius 1 is 1.19 bits per heavy atom. The molecule has 0 bridgehead atoms. The molecule has 6 unspecified atom stereocenters. The van der Waals surface area contributed by atoms with Crippen molar-refractivity contribution < 1.29 is 38.8 Å². The highest BCUT2D eigenvalue weighted by Gasteiger charge is 2.56. The summed E-state index contributed by atoms with van der Waals surface area (Å²) in [5, 5.41) is 23.8. The van der Waals surface area contributed by atoms with Crippen LogP contribution in [0.1, 0.15) is 33.1 Å². The largest absolute Gasteiger partial charge is 0.481 e. The third-order valence-electron chi connectivity index (χ3n) is 4.23. The van der Waals surface area contributed by atoms with Gasteiger partial charge in [0.05, 0.1) is 12.7 Å². The molecule has 6 atom stereocenters. The summed E-state index contributed by atoms with van der Waals surface area (Å²) in [6, 6.07) is -0.948. The fourth-order valence-corrected chi connectivity index (χ4v) is 2.81. The third kappa shape index (κ3) is 5.90. The maximum atomic E-state index is 12.2. The van der Waals surface area contributed by atoms with Crippen molar-refractivity contribution in [3.63, 3.8) is 0 Å². The summed E-state index contributed by atoms with van der Waals surface area (Å²) in [6.45, 7) is 3.21. The number of carbonyl (C=O) groups excluding carboxylic acids is 2. The van der Waals surface area contributed by atoms with Crippen molar-refractivity contribution in [1.82, 2.24) is 10.6 Å². The molecule has 0 spiro atoms. The quantitative estimate of drug-likeness (QED) is 0.274. The van der Waals surface area contributed by atoms with Crippen LogP contribution in [0, 0.1) is 0 Å². The average molecular weight is 374 g/mol. The van der Waals surface area contributed by atoms with E-state index in [1.807, 2.05) is 6.92 Å². The zero-order valence-corrected chi connectivity index (χ0v) is 14.8. The Hall–Kier alpha value is -1.75. The van der Waals surface area contributed by atoms with E-state index in [1.54, 1.807) is 0 Å². The van der Waals surface area contributed by atoms with E-state index in [4.69, 9.17) is 19.3 Å². The lowest BCUT2D eigenvalue weighted by atomic mass is 10.1. The number of epoxide rings is 1. The average Bonchev–Trinajstić information content (AvgIpc) is 3.36. The molecular formula is C16H26N2O8. The summed E-state index contributed by atoms with van der Waals surface area (Å²) >= 11 is 0. The van der Waals surface area contributed by atoms with Gasteiger partial charge in [0.1, 0.15) is 24.4 Å². The van der Waals surface area contributed by atoms with E-state index >= 15 is 0 Å². The predicted octanol–water partition coefficient (Wildman–Crippen LogP) is -1.25. The van der Waals surface area contributed by atoms with Crippen LogP contribution in [0.4, 0.5) is 0 Å². The van der Waals surface area contributed by atoms with Crippen LogP contribution in [0.2, 0.25) is 0 Å². The zero-order chi connectivity index (χ0) is 19.3. The van der Waals surface area contributed by atoms with Crippen LogP contribution >= 0.6 is 0 Å². The summed E-state index contributed by atoms with van der Waals surface area (Å²) in [5.41, 5.74) is 0. The zero-order valence-electron chi connectivity index (χ0n) is 14.8. The first-order valence-corrected chi connectivity index (χ1v) is 8.66. The molecule has 2 rings (SSSR count). The molecule has 10 heteroatoms. The van der Waals surface area contributed by atoms with Crippen LogP contribution in [0.15, 0.2) is 0 Å². The highest BCUT2D eigenvalue weighted by Crippen LogP contribution is 2.37. The topological polar surface area (TPSA) is 147 Å². The van der Waals surface area contributed by atoms with Gasteiger partial charge < -0.3 is 35.1 Å². The molecule has 0 aliphatic carbocycles. The Balaban J connectivity index is 1.77. The second-order valence-electron chi connectivity index (χ2n) is 6.49. The molecule has 2 aliphatic rings. The van der Waals surface area contributed by atoms with E-state index in [1.165, 1.54) is 6.92 Å². The van der Waals surface area contributed by atoms with Gasteiger partial charge in [0.15, 0.2) is 6.29 Å². The smallest absolute Gasteiger partial charge is 0.303 e. The number of unbranched alkanes of at least 4 members (excludes halogenated alkanes) is 1. The minimum atomic E-state index is -0.951. The number of carboxylic acids is 1. The van der Waals surface area contributed by atoms with Gasteiger partial charge in [-0.05, 0) is 19.8 Å². The lowest BCUT2D eigenvalue weighted by molar-refractivity contribution is -0.228. The Labute approximate surface area is 151 Å². The molecule has 10 nitrogen and oxygen atoms in total. The number of aliphatic hydroxyl groups is 1. The summed E-state index contributed by atoms with van der Waals surface area (Å²) < 4.78 is 16.3. The van der Waals surface area contributed by atoms with Crippen LogP contribution in [0.5, 0.6) is 0 Å². The fraction of sp³-hybridized carbons (Fsp3) is 0.812. The standard InChI is InChI=1S/C16H26N2O8/c1-8-13-14(26-13)12(22)16(25-8)24-7-10(18-9(2)19)15(23)17-6-4-3-5-11(20)21/h8,10,12-14,16,22H,3-7H2,1-2H3,(H,17,23)(H,18,19)(H,20,21). The van der Waals surface area contributed by atoms with Crippen molar-refractivity contribution in [2.75, 3.05) is 13.2 Å². The number of aliphatic carboxylic acids is 1. The maximum Gasteiger partial charge on any atom is 0.303 e. The molecule has 0 aromatic carbocycles. The summed E-state index contributed by atoms with van der Waals surface area (Å²) in [7, 11) is 0. The Kier molecular flexibility index (Phi) is 7.33. The normalized spacial score (nSPS) is 30.8. The van der Waals surface area contributed by atoms with Gasteiger partial charge in [0, 0.05) is 19.9 Å². The molecule has 2 saturated heterocycles. The molecule has 0 aromatic rings. The number of rotatable bonds is 10. The lowest BCUT2D eigenvalue weighted by Gasteiger charge is -2.30. The molecule has 2 fully saturated rings. The predicted molar refractivity (Wildman–Crippen MR) is 87.1 cm³/mol. The number of amides is 2. The Bertz CT molecular complexity index is 528. The lowest BCUT2D eigenvalue weighted by Crippen LogP contribution is -2.52.